The summed E-state index contributed by atoms with van der Waals surface area (Å²) >= 11 is 1.41. The minimum Gasteiger partial charge on any atom is -0.481 e. The molecule has 1 unspecified atom stereocenters. The smallest absolute Gasteiger partial charge is 0.321 e. The zero-order chi connectivity index (χ0) is 14.3. The van der Waals surface area contributed by atoms with Crippen LogP contribution in [0.1, 0.15) is 37.2 Å². The van der Waals surface area contributed by atoms with Crippen LogP contribution < -0.4 is 10.6 Å². The largest absolute Gasteiger partial charge is 0.481 e. The highest BCUT2D eigenvalue weighted by molar-refractivity contribution is 7.09. The highest BCUT2D eigenvalue weighted by Crippen LogP contribution is 2.18. The van der Waals surface area contributed by atoms with E-state index >= 15 is 0 Å². The lowest BCUT2D eigenvalue weighted by Crippen LogP contribution is -2.41. The first-order chi connectivity index (χ1) is 9.02. The molecule has 1 aromatic rings. The Labute approximate surface area is 114 Å². The van der Waals surface area contributed by atoms with E-state index in [1.54, 1.807) is 11.6 Å². The summed E-state index contributed by atoms with van der Waals surface area (Å²) in [5, 5.41) is 15.7. The van der Waals surface area contributed by atoms with Crippen molar-refractivity contribution in [2.75, 3.05) is 0 Å². The fourth-order valence-corrected chi connectivity index (χ4v) is 2.12. The molecule has 0 aliphatic carbocycles. The van der Waals surface area contributed by atoms with Gasteiger partial charge in [0.15, 0.2) is 0 Å². The van der Waals surface area contributed by atoms with E-state index in [1.807, 2.05) is 6.92 Å². The van der Waals surface area contributed by atoms with Crippen molar-refractivity contribution in [3.8, 4) is 0 Å². The number of carboxylic acids is 1. The molecule has 1 heterocycles. The predicted octanol–water partition coefficient (Wildman–Crippen LogP) is 1.28. The fraction of sp³-hybridized carbons (Fsp3) is 0.455. The zero-order valence-electron chi connectivity index (χ0n) is 10.4. The van der Waals surface area contributed by atoms with E-state index in [2.05, 4.69) is 15.6 Å². The third-order valence-corrected chi connectivity index (χ3v) is 3.17. The Balaban J connectivity index is 2.41. The lowest BCUT2D eigenvalue weighted by molar-refractivity contribution is -0.138. The first-order valence-corrected chi connectivity index (χ1v) is 6.62. The summed E-state index contributed by atoms with van der Waals surface area (Å²) in [5.74, 6) is -1.70. The number of carboxylic acid groups (broad SMARTS) is 1. The second-order valence-electron chi connectivity index (χ2n) is 3.75. The maximum absolute atomic E-state index is 11.5. The number of carbonyl (C=O) groups excluding carboxylic acids is 2. The molecule has 1 rings (SSSR count). The second-order valence-corrected chi connectivity index (χ2v) is 4.67. The number of nitrogens with one attached hydrogen (secondary N) is 2. The Morgan fingerprint density at radius 3 is 2.68 bits per heavy atom. The molecular formula is C11H15N3O4S. The summed E-state index contributed by atoms with van der Waals surface area (Å²) in [7, 11) is 0. The summed E-state index contributed by atoms with van der Waals surface area (Å²) in [5.41, 5.74) is 0. The average Bonchev–Trinajstić information content (AvgIpc) is 2.87. The van der Waals surface area contributed by atoms with E-state index in [-0.39, 0.29) is 18.9 Å². The Hall–Kier alpha value is -1.96. The summed E-state index contributed by atoms with van der Waals surface area (Å²) < 4.78 is 0. The lowest BCUT2D eigenvalue weighted by atomic mass is 10.2. The van der Waals surface area contributed by atoms with Crippen molar-refractivity contribution in [3.05, 3.63) is 16.6 Å². The zero-order valence-corrected chi connectivity index (χ0v) is 11.2. The quantitative estimate of drug-likeness (QED) is 0.729. The summed E-state index contributed by atoms with van der Waals surface area (Å²) in [6.07, 6.45) is 1.75. The van der Waals surface area contributed by atoms with Gasteiger partial charge in [-0.15, -0.1) is 11.3 Å². The van der Waals surface area contributed by atoms with Crippen molar-refractivity contribution in [2.45, 2.75) is 32.2 Å². The van der Waals surface area contributed by atoms with Crippen molar-refractivity contribution < 1.29 is 19.5 Å². The molecule has 7 nitrogen and oxygen atoms in total. The average molecular weight is 285 g/mol. The van der Waals surface area contributed by atoms with Gasteiger partial charge >= 0.3 is 12.0 Å². The van der Waals surface area contributed by atoms with Crippen LogP contribution in [0.4, 0.5) is 4.79 Å². The van der Waals surface area contributed by atoms with E-state index in [4.69, 9.17) is 5.11 Å². The Morgan fingerprint density at radius 1 is 1.42 bits per heavy atom. The highest BCUT2D eigenvalue weighted by atomic mass is 32.1. The maximum Gasteiger partial charge on any atom is 0.321 e. The third kappa shape index (κ3) is 5.47. The normalized spacial score (nSPS) is 11.6. The van der Waals surface area contributed by atoms with Crippen LogP contribution >= 0.6 is 11.3 Å². The van der Waals surface area contributed by atoms with Crippen LogP contribution in [-0.4, -0.2) is 28.0 Å². The number of imide groups is 1. The lowest BCUT2D eigenvalue weighted by Gasteiger charge is -2.14. The SMILES string of the molecule is CCC(NC(=O)NC(=O)CCC(=O)O)c1nccs1. The van der Waals surface area contributed by atoms with Crippen LogP contribution in [-0.2, 0) is 9.59 Å². The first kappa shape index (κ1) is 15.1. The van der Waals surface area contributed by atoms with Gasteiger partial charge in [-0.1, -0.05) is 6.92 Å². The van der Waals surface area contributed by atoms with Gasteiger partial charge in [-0.25, -0.2) is 9.78 Å². The van der Waals surface area contributed by atoms with Crippen LogP contribution in [0.5, 0.6) is 0 Å². The van der Waals surface area contributed by atoms with E-state index in [0.717, 1.165) is 5.01 Å². The second kappa shape index (κ2) is 7.47. The molecule has 1 aromatic heterocycles. The van der Waals surface area contributed by atoms with Gasteiger partial charge in [-0.3, -0.25) is 14.9 Å². The monoisotopic (exact) mass is 285 g/mol. The molecule has 0 aliphatic rings. The summed E-state index contributed by atoms with van der Waals surface area (Å²) in [6.45, 7) is 1.89. The topological polar surface area (TPSA) is 108 Å². The van der Waals surface area contributed by atoms with E-state index in [9.17, 15) is 14.4 Å². The minimum absolute atomic E-state index is 0.225. The molecule has 0 saturated carbocycles. The number of hydrogen-bond donors (Lipinski definition) is 3. The highest BCUT2D eigenvalue weighted by Gasteiger charge is 2.16. The Bertz CT molecular complexity index is 447. The number of rotatable bonds is 6. The molecule has 0 spiro atoms. The molecule has 3 amide bonds. The predicted molar refractivity (Wildman–Crippen MR) is 68.7 cm³/mol. The molecule has 0 saturated heterocycles. The number of amides is 3. The van der Waals surface area contributed by atoms with Crippen molar-refractivity contribution in [2.24, 2.45) is 0 Å². The molecule has 0 fully saturated rings. The number of urea groups is 1. The number of aromatic nitrogens is 1. The van der Waals surface area contributed by atoms with E-state index in [1.165, 1.54) is 11.3 Å². The van der Waals surface area contributed by atoms with Crippen LogP contribution in [0.3, 0.4) is 0 Å². The van der Waals surface area contributed by atoms with Crippen molar-refractivity contribution in [3.63, 3.8) is 0 Å². The molecule has 104 valence electrons. The van der Waals surface area contributed by atoms with Crippen LogP contribution in [0.15, 0.2) is 11.6 Å². The molecule has 19 heavy (non-hydrogen) atoms. The first-order valence-electron chi connectivity index (χ1n) is 5.74. The number of carbonyl (C=O) groups is 3. The molecular weight excluding hydrogens is 270 g/mol. The number of aliphatic carboxylic acids is 1. The molecule has 3 N–H and O–H groups in total. The van der Waals surface area contributed by atoms with Crippen molar-refractivity contribution in [1.82, 2.24) is 15.6 Å². The Morgan fingerprint density at radius 2 is 2.16 bits per heavy atom. The third-order valence-electron chi connectivity index (χ3n) is 2.28. The number of hydrogen-bond acceptors (Lipinski definition) is 5. The molecule has 0 radical (unpaired) electrons. The fourth-order valence-electron chi connectivity index (χ4n) is 1.35. The van der Waals surface area contributed by atoms with Gasteiger partial charge in [-0.2, -0.15) is 0 Å². The van der Waals surface area contributed by atoms with Crippen LogP contribution in [0.2, 0.25) is 0 Å². The molecule has 0 aromatic carbocycles. The van der Waals surface area contributed by atoms with E-state index < -0.39 is 17.9 Å². The van der Waals surface area contributed by atoms with Gasteiger partial charge in [0.2, 0.25) is 5.91 Å². The van der Waals surface area contributed by atoms with Crippen LogP contribution in [0, 0.1) is 0 Å². The van der Waals surface area contributed by atoms with Gasteiger partial charge in [0.1, 0.15) is 5.01 Å². The van der Waals surface area contributed by atoms with Gasteiger partial charge in [-0.05, 0) is 6.42 Å². The molecule has 0 aliphatic heterocycles. The van der Waals surface area contributed by atoms with E-state index in [0.29, 0.717) is 6.42 Å². The van der Waals surface area contributed by atoms with Gasteiger partial charge < -0.3 is 10.4 Å². The van der Waals surface area contributed by atoms with Crippen molar-refractivity contribution in [1.29, 1.82) is 0 Å². The summed E-state index contributed by atoms with van der Waals surface area (Å²) in [4.78, 5) is 37.2. The van der Waals surface area contributed by atoms with Crippen molar-refractivity contribution >= 4 is 29.2 Å². The maximum atomic E-state index is 11.5. The number of thiazole rings is 1. The Kier molecular flexibility index (Phi) is 5.94. The standard InChI is InChI=1S/C11H15N3O4S/c1-2-7(10-12-5-6-19-10)13-11(18)14-8(15)3-4-9(16)17/h5-7H,2-4H2,1H3,(H,16,17)(H2,13,14,15,18). The van der Waals surface area contributed by atoms with Gasteiger partial charge in [0, 0.05) is 18.0 Å². The number of nitrogens with zero attached hydrogens (tertiary/aromatic N) is 1. The van der Waals surface area contributed by atoms with Gasteiger partial charge in [0.25, 0.3) is 0 Å². The van der Waals surface area contributed by atoms with Gasteiger partial charge in [0.05, 0.1) is 12.5 Å². The molecule has 8 heteroatoms. The molecule has 1 atom stereocenters. The van der Waals surface area contributed by atoms with Crippen LogP contribution in [0.25, 0.3) is 0 Å². The minimum atomic E-state index is -1.08. The summed E-state index contributed by atoms with van der Waals surface area (Å²) in [6, 6.07) is -0.898. The molecule has 0 bridgehead atoms.